The van der Waals surface area contributed by atoms with E-state index in [-0.39, 0.29) is 11.5 Å². The minimum atomic E-state index is -0.105. The van der Waals surface area contributed by atoms with Gasteiger partial charge in [-0.1, -0.05) is 6.92 Å². The summed E-state index contributed by atoms with van der Waals surface area (Å²) in [5.74, 6) is 3.57. The molecule has 0 aromatic carbocycles. The average molecular weight is 332 g/mol. The number of aliphatic hydroxyl groups is 1. The van der Waals surface area contributed by atoms with Gasteiger partial charge in [0.25, 0.3) is 0 Å². The van der Waals surface area contributed by atoms with E-state index in [4.69, 9.17) is 4.74 Å². The van der Waals surface area contributed by atoms with Crippen molar-refractivity contribution < 1.29 is 14.6 Å². The molecule has 9 atom stereocenters. The molecule has 5 aliphatic rings. The lowest BCUT2D eigenvalue weighted by Gasteiger charge is -2.59. The molecule has 4 saturated carbocycles. The third-order valence-corrected chi connectivity index (χ3v) is 9.39. The van der Waals surface area contributed by atoms with Gasteiger partial charge in [0.05, 0.1) is 18.8 Å². The van der Waals surface area contributed by atoms with Crippen LogP contribution in [0.2, 0.25) is 0 Å². The molecule has 0 amide bonds. The zero-order chi connectivity index (χ0) is 16.7. The molecule has 1 heterocycles. The maximum absolute atomic E-state index is 12.2. The SMILES string of the molecule is CC(=O)C1CCC2C3CC4OCC5(CCC(O)CC45)C3CCC12C. The Morgan fingerprint density at radius 1 is 1.04 bits per heavy atom. The second-order valence-electron chi connectivity index (χ2n) is 10.0. The second kappa shape index (κ2) is 5.07. The number of carbonyl (C=O) groups excluding carboxylic acids is 1. The lowest BCUT2D eigenvalue weighted by atomic mass is 9.44. The highest BCUT2D eigenvalue weighted by atomic mass is 16.5. The Bertz CT molecular complexity index is 559. The molecule has 134 valence electrons. The van der Waals surface area contributed by atoms with Gasteiger partial charge in [0.2, 0.25) is 0 Å². The third-order valence-electron chi connectivity index (χ3n) is 9.39. The normalized spacial score (nSPS) is 58.7. The van der Waals surface area contributed by atoms with Crippen LogP contribution in [0.1, 0.15) is 65.2 Å². The van der Waals surface area contributed by atoms with Crippen molar-refractivity contribution in [3.05, 3.63) is 0 Å². The average Bonchev–Trinajstić information content (AvgIpc) is 3.02. The van der Waals surface area contributed by atoms with Crippen molar-refractivity contribution in [3.63, 3.8) is 0 Å². The highest BCUT2D eigenvalue weighted by molar-refractivity contribution is 5.79. The minimum Gasteiger partial charge on any atom is -0.393 e. The summed E-state index contributed by atoms with van der Waals surface area (Å²) in [6.07, 6.45) is 9.42. The molecule has 4 aliphatic carbocycles. The van der Waals surface area contributed by atoms with E-state index in [9.17, 15) is 9.90 Å². The van der Waals surface area contributed by atoms with E-state index >= 15 is 0 Å². The number of carbonyl (C=O) groups is 1. The molecule has 9 unspecified atom stereocenters. The number of hydrogen-bond acceptors (Lipinski definition) is 3. The van der Waals surface area contributed by atoms with Crippen LogP contribution >= 0.6 is 0 Å². The number of ether oxygens (including phenoxy) is 1. The molecule has 0 aromatic rings. The molecule has 5 rings (SSSR count). The standard InChI is InChI=1S/C21H32O3/c1-12(22)15-3-4-16-14-10-19-18-9-13(23)5-8-21(18,11-24-19)17(14)6-7-20(15,16)2/h13-19,23H,3-11H2,1-2H3. The number of ketones is 1. The van der Waals surface area contributed by atoms with Crippen LogP contribution in [-0.4, -0.2) is 29.7 Å². The molecular formula is C21H32O3. The van der Waals surface area contributed by atoms with E-state index in [0.717, 1.165) is 50.0 Å². The van der Waals surface area contributed by atoms with Gasteiger partial charge in [0, 0.05) is 11.3 Å². The largest absolute Gasteiger partial charge is 0.393 e. The van der Waals surface area contributed by atoms with Gasteiger partial charge in [0.15, 0.2) is 0 Å². The Hall–Kier alpha value is -0.410. The van der Waals surface area contributed by atoms with E-state index in [1.54, 1.807) is 0 Å². The molecule has 24 heavy (non-hydrogen) atoms. The van der Waals surface area contributed by atoms with Gasteiger partial charge < -0.3 is 9.84 Å². The lowest BCUT2D eigenvalue weighted by Crippen LogP contribution is -2.56. The molecule has 0 radical (unpaired) electrons. The first kappa shape index (κ1) is 15.8. The minimum absolute atomic E-state index is 0.105. The number of hydrogen-bond donors (Lipinski definition) is 1. The summed E-state index contributed by atoms with van der Waals surface area (Å²) in [6.45, 7) is 5.18. The predicted octanol–water partition coefficient (Wildman–Crippen LogP) is 3.58. The number of rotatable bonds is 1. The van der Waals surface area contributed by atoms with Crippen LogP contribution in [0.25, 0.3) is 0 Å². The van der Waals surface area contributed by atoms with E-state index in [1.807, 2.05) is 6.92 Å². The monoisotopic (exact) mass is 332 g/mol. The predicted molar refractivity (Wildman–Crippen MR) is 91.4 cm³/mol. The first-order valence-electron chi connectivity index (χ1n) is 10.3. The van der Waals surface area contributed by atoms with Crippen molar-refractivity contribution in [2.75, 3.05) is 6.61 Å². The van der Waals surface area contributed by atoms with Gasteiger partial charge in [-0.05, 0) is 87.4 Å². The summed E-state index contributed by atoms with van der Waals surface area (Å²) in [7, 11) is 0. The second-order valence-corrected chi connectivity index (χ2v) is 10.0. The zero-order valence-electron chi connectivity index (χ0n) is 15.2. The molecule has 5 fully saturated rings. The Morgan fingerprint density at radius 3 is 2.67 bits per heavy atom. The highest BCUT2D eigenvalue weighted by Crippen LogP contribution is 2.69. The Labute approximate surface area is 145 Å². The Morgan fingerprint density at radius 2 is 1.88 bits per heavy atom. The van der Waals surface area contributed by atoms with Crippen molar-refractivity contribution in [2.24, 2.45) is 40.4 Å². The fourth-order valence-corrected chi connectivity index (χ4v) is 8.41. The van der Waals surface area contributed by atoms with Crippen LogP contribution in [-0.2, 0) is 9.53 Å². The lowest BCUT2D eigenvalue weighted by molar-refractivity contribution is -0.134. The summed E-state index contributed by atoms with van der Waals surface area (Å²) in [5, 5.41) is 10.2. The smallest absolute Gasteiger partial charge is 0.133 e. The van der Waals surface area contributed by atoms with E-state index in [1.165, 1.54) is 25.7 Å². The van der Waals surface area contributed by atoms with Gasteiger partial charge in [0.1, 0.15) is 5.78 Å². The number of aliphatic hydroxyl groups excluding tert-OH is 1. The van der Waals surface area contributed by atoms with Gasteiger partial charge in [-0.3, -0.25) is 4.79 Å². The van der Waals surface area contributed by atoms with Crippen LogP contribution in [0.15, 0.2) is 0 Å². The molecule has 0 aromatic heterocycles. The van der Waals surface area contributed by atoms with Gasteiger partial charge in [-0.25, -0.2) is 0 Å². The van der Waals surface area contributed by atoms with Gasteiger partial charge in [-0.15, -0.1) is 0 Å². The van der Waals surface area contributed by atoms with Crippen molar-refractivity contribution in [2.45, 2.75) is 77.4 Å². The Balaban J connectivity index is 1.49. The molecular weight excluding hydrogens is 300 g/mol. The topological polar surface area (TPSA) is 46.5 Å². The molecule has 0 spiro atoms. The van der Waals surface area contributed by atoms with Crippen LogP contribution in [0.3, 0.4) is 0 Å². The summed E-state index contributed by atoms with van der Waals surface area (Å²) in [4.78, 5) is 12.2. The Kier molecular flexibility index (Phi) is 3.34. The highest BCUT2D eigenvalue weighted by Gasteiger charge is 2.66. The number of fused-ring (bicyclic) bond motifs is 3. The van der Waals surface area contributed by atoms with Crippen LogP contribution in [0.5, 0.6) is 0 Å². The summed E-state index contributed by atoms with van der Waals surface area (Å²) >= 11 is 0. The summed E-state index contributed by atoms with van der Waals surface area (Å²) in [6, 6.07) is 0. The maximum Gasteiger partial charge on any atom is 0.133 e. The summed E-state index contributed by atoms with van der Waals surface area (Å²) in [5.41, 5.74) is 0.590. The van der Waals surface area contributed by atoms with Crippen molar-refractivity contribution in [3.8, 4) is 0 Å². The molecule has 1 N–H and O–H groups in total. The first-order chi connectivity index (χ1) is 11.5. The fourth-order valence-electron chi connectivity index (χ4n) is 8.41. The summed E-state index contributed by atoms with van der Waals surface area (Å²) < 4.78 is 6.33. The van der Waals surface area contributed by atoms with E-state index in [0.29, 0.717) is 29.1 Å². The fraction of sp³-hybridized carbons (Fsp3) is 0.952. The molecule has 3 heteroatoms. The third kappa shape index (κ3) is 1.84. The molecule has 2 bridgehead atoms. The van der Waals surface area contributed by atoms with Crippen LogP contribution < -0.4 is 0 Å². The maximum atomic E-state index is 12.2. The van der Waals surface area contributed by atoms with Crippen LogP contribution in [0.4, 0.5) is 0 Å². The van der Waals surface area contributed by atoms with Crippen molar-refractivity contribution in [1.82, 2.24) is 0 Å². The van der Waals surface area contributed by atoms with Crippen molar-refractivity contribution >= 4 is 5.78 Å². The first-order valence-corrected chi connectivity index (χ1v) is 10.3. The van der Waals surface area contributed by atoms with Gasteiger partial charge >= 0.3 is 0 Å². The van der Waals surface area contributed by atoms with Crippen LogP contribution in [0, 0.1) is 40.4 Å². The quantitative estimate of drug-likeness (QED) is 0.798. The number of Topliss-reactive ketones (excluding diaryl/α,β-unsaturated/α-hetero) is 1. The van der Waals surface area contributed by atoms with E-state index in [2.05, 4.69) is 6.92 Å². The van der Waals surface area contributed by atoms with Crippen molar-refractivity contribution in [1.29, 1.82) is 0 Å². The zero-order valence-corrected chi connectivity index (χ0v) is 15.2. The van der Waals surface area contributed by atoms with Gasteiger partial charge in [-0.2, -0.15) is 0 Å². The molecule has 3 nitrogen and oxygen atoms in total. The molecule has 1 aliphatic heterocycles. The van der Waals surface area contributed by atoms with E-state index < -0.39 is 0 Å². The molecule has 1 saturated heterocycles.